The third-order valence-electron chi connectivity index (χ3n) is 4.05. The van der Waals surface area contributed by atoms with Crippen LogP contribution in [0.15, 0.2) is 64.0 Å². The van der Waals surface area contributed by atoms with Gasteiger partial charge in [0.05, 0.1) is 4.90 Å². The van der Waals surface area contributed by atoms with Gasteiger partial charge in [-0.1, -0.05) is 46.3 Å². The molecule has 0 spiro atoms. The number of benzene rings is 2. The maximum atomic E-state index is 12.4. The van der Waals surface area contributed by atoms with Crippen LogP contribution < -0.4 is 4.72 Å². The molecule has 2 rings (SSSR count). The number of carboxylic acids is 1. The average Bonchev–Trinajstić information content (AvgIpc) is 2.65. The van der Waals surface area contributed by atoms with E-state index in [1.54, 1.807) is 19.2 Å². The number of nitrogens with one attached hydrogen (secondary N) is 1. The molecule has 1 atom stereocenters. The van der Waals surface area contributed by atoms with Crippen LogP contribution in [0.1, 0.15) is 18.4 Å². The monoisotopic (exact) mass is 468 g/mol. The molecule has 0 aromatic heterocycles. The molecule has 0 bridgehead atoms. The maximum absolute atomic E-state index is 12.4. The predicted molar refractivity (Wildman–Crippen MR) is 108 cm³/mol. The maximum Gasteiger partial charge on any atom is 0.321 e. The molecule has 0 saturated carbocycles. The normalized spacial score (nSPS) is 12.4. The van der Waals surface area contributed by atoms with Crippen molar-refractivity contribution in [3.63, 3.8) is 0 Å². The van der Waals surface area contributed by atoms with Gasteiger partial charge in [0.25, 0.3) is 0 Å². The summed E-state index contributed by atoms with van der Waals surface area (Å²) >= 11 is 3.21. The van der Waals surface area contributed by atoms with Crippen LogP contribution in [0, 0.1) is 0 Å². The van der Waals surface area contributed by atoms with Gasteiger partial charge < -0.3 is 10.0 Å². The number of carboxylic acid groups (broad SMARTS) is 1. The van der Waals surface area contributed by atoms with E-state index < -0.39 is 22.0 Å². The second-order valence-corrected chi connectivity index (χ2v) is 8.87. The van der Waals surface area contributed by atoms with Gasteiger partial charge in [-0.2, -0.15) is 4.72 Å². The molecule has 2 aromatic rings. The zero-order valence-corrected chi connectivity index (χ0v) is 17.6. The summed E-state index contributed by atoms with van der Waals surface area (Å²) in [6.45, 7) is 0.391. The summed E-state index contributed by atoms with van der Waals surface area (Å²) in [5.41, 5.74) is 0.948. The largest absolute Gasteiger partial charge is 0.480 e. The fraction of sp³-hybridized carbons (Fsp3) is 0.263. The number of sulfonamides is 1. The van der Waals surface area contributed by atoms with Crippen molar-refractivity contribution in [3.8, 4) is 0 Å². The smallest absolute Gasteiger partial charge is 0.321 e. The number of halogens is 1. The summed E-state index contributed by atoms with van der Waals surface area (Å²) in [5.74, 6) is -1.60. The van der Waals surface area contributed by atoms with Crippen molar-refractivity contribution in [2.45, 2.75) is 30.3 Å². The summed E-state index contributed by atoms with van der Waals surface area (Å²) in [6.07, 6.45) is -0.244. The van der Waals surface area contributed by atoms with Gasteiger partial charge in [-0.25, -0.2) is 8.42 Å². The standard InChI is InChI=1S/C19H21BrN2O5S/c1-22(13-14-5-3-2-4-6-14)18(23)12-11-17(19(24)25)21-28(26,27)16-9-7-15(20)8-10-16/h2-10,17,21H,11-13H2,1H3,(H,24,25)/t17-/m1/s1. The number of rotatable bonds is 9. The first-order valence-electron chi connectivity index (χ1n) is 8.47. The molecule has 9 heteroatoms. The lowest BCUT2D eigenvalue weighted by atomic mass is 10.1. The molecule has 0 fully saturated rings. The zero-order chi connectivity index (χ0) is 20.7. The van der Waals surface area contributed by atoms with Crippen molar-refractivity contribution in [2.24, 2.45) is 0 Å². The molecule has 1 amide bonds. The highest BCUT2D eigenvalue weighted by atomic mass is 79.9. The van der Waals surface area contributed by atoms with Gasteiger partial charge in [0.1, 0.15) is 6.04 Å². The molecule has 2 aromatic carbocycles. The van der Waals surface area contributed by atoms with Gasteiger partial charge >= 0.3 is 5.97 Å². The second kappa shape index (κ2) is 9.81. The molecule has 150 valence electrons. The van der Waals surface area contributed by atoms with Crippen molar-refractivity contribution in [3.05, 3.63) is 64.6 Å². The number of carbonyl (C=O) groups excluding carboxylic acids is 1. The minimum Gasteiger partial charge on any atom is -0.480 e. The Morgan fingerprint density at radius 2 is 1.71 bits per heavy atom. The Hall–Kier alpha value is -2.23. The van der Waals surface area contributed by atoms with E-state index in [0.717, 1.165) is 5.56 Å². The minimum absolute atomic E-state index is 0.0468. The molecule has 0 saturated heterocycles. The Labute approximate surface area is 172 Å². The van der Waals surface area contributed by atoms with E-state index in [-0.39, 0.29) is 23.6 Å². The molecule has 0 unspecified atom stereocenters. The lowest BCUT2D eigenvalue weighted by Crippen LogP contribution is -2.41. The van der Waals surface area contributed by atoms with Gasteiger partial charge in [-0.3, -0.25) is 9.59 Å². The summed E-state index contributed by atoms with van der Waals surface area (Å²) in [4.78, 5) is 25.2. The molecule has 0 radical (unpaired) electrons. The van der Waals surface area contributed by atoms with Gasteiger partial charge in [0, 0.05) is 24.5 Å². The van der Waals surface area contributed by atoms with E-state index in [9.17, 15) is 23.1 Å². The van der Waals surface area contributed by atoms with Crippen molar-refractivity contribution in [1.29, 1.82) is 0 Å². The quantitative estimate of drug-likeness (QED) is 0.588. The number of hydrogen-bond acceptors (Lipinski definition) is 4. The van der Waals surface area contributed by atoms with E-state index in [1.165, 1.54) is 17.0 Å². The van der Waals surface area contributed by atoms with Crippen molar-refractivity contribution < 1.29 is 23.1 Å². The first kappa shape index (κ1) is 22.1. The number of amides is 1. The fourth-order valence-corrected chi connectivity index (χ4v) is 3.99. The zero-order valence-electron chi connectivity index (χ0n) is 15.2. The van der Waals surface area contributed by atoms with Crippen LogP contribution in [-0.2, 0) is 26.2 Å². The summed E-state index contributed by atoms with van der Waals surface area (Å²) in [5, 5.41) is 9.35. The molecular formula is C19H21BrN2O5S. The van der Waals surface area contributed by atoms with Crippen molar-refractivity contribution in [1.82, 2.24) is 9.62 Å². The Balaban J connectivity index is 1.97. The topological polar surface area (TPSA) is 104 Å². The van der Waals surface area contributed by atoms with Crippen LogP contribution in [0.5, 0.6) is 0 Å². The number of carbonyl (C=O) groups is 2. The van der Waals surface area contributed by atoms with Crippen molar-refractivity contribution in [2.75, 3.05) is 7.05 Å². The molecule has 0 aliphatic heterocycles. The number of aliphatic carboxylic acids is 1. The summed E-state index contributed by atoms with van der Waals surface area (Å²) in [6, 6.07) is 13.8. The SMILES string of the molecule is CN(Cc1ccccc1)C(=O)CC[C@@H](NS(=O)(=O)c1ccc(Br)cc1)C(=O)O. The molecule has 2 N–H and O–H groups in total. The van der Waals surface area contributed by atoms with Crippen LogP contribution in [0.3, 0.4) is 0 Å². The van der Waals surface area contributed by atoms with Gasteiger partial charge in [-0.05, 0) is 36.2 Å². The average molecular weight is 469 g/mol. The van der Waals surface area contributed by atoms with Crippen LogP contribution in [0.2, 0.25) is 0 Å². The van der Waals surface area contributed by atoms with E-state index >= 15 is 0 Å². The van der Waals surface area contributed by atoms with E-state index in [2.05, 4.69) is 20.7 Å². The highest BCUT2D eigenvalue weighted by Crippen LogP contribution is 2.16. The highest BCUT2D eigenvalue weighted by Gasteiger charge is 2.26. The third-order valence-corrected chi connectivity index (χ3v) is 6.07. The first-order valence-corrected chi connectivity index (χ1v) is 10.8. The Bertz CT molecular complexity index is 917. The Kier molecular flexibility index (Phi) is 7.73. The van der Waals surface area contributed by atoms with Crippen molar-refractivity contribution >= 4 is 37.8 Å². The number of hydrogen-bond donors (Lipinski definition) is 2. The number of nitrogens with zero attached hydrogens (tertiary/aromatic N) is 1. The second-order valence-electron chi connectivity index (χ2n) is 6.24. The summed E-state index contributed by atoms with van der Waals surface area (Å²) < 4.78 is 27.6. The van der Waals surface area contributed by atoms with E-state index in [0.29, 0.717) is 11.0 Å². The van der Waals surface area contributed by atoms with Gasteiger partial charge in [0.15, 0.2) is 0 Å². The Morgan fingerprint density at radius 1 is 1.11 bits per heavy atom. The lowest BCUT2D eigenvalue weighted by molar-refractivity contribution is -0.139. The molecular weight excluding hydrogens is 448 g/mol. The van der Waals surface area contributed by atoms with Gasteiger partial charge in [-0.15, -0.1) is 0 Å². The fourth-order valence-electron chi connectivity index (χ4n) is 2.51. The molecule has 7 nitrogen and oxygen atoms in total. The molecule has 0 aliphatic carbocycles. The third kappa shape index (κ3) is 6.43. The highest BCUT2D eigenvalue weighted by molar-refractivity contribution is 9.10. The predicted octanol–water partition coefficient (Wildman–Crippen LogP) is 2.62. The molecule has 0 heterocycles. The summed E-state index contributed by atoms with van der Waals surface area (Å²) in [7, 11) is -2.39. The minimum atomic E-state index is -4.01. The molecule has 0 aliphatic rings. The Morgan fingerprint density at radius 3 is 2.29 bits per heavy atom. The molecule has 28 heavy (non-hydrogen) atoms. The van der Waals surface area contributed by atoms with E-state index in [4.69, 9.17) is 0 Å². The van der Waals surface area contributed by atoms with Gasteiger partial charge in [0.2, 0.25) is 15.9 Å². The van der Waals surface area contributed by atoms with Crippen LogP contribution >= 0.6 is 15.9 Å². The van der Waals surface area contributed by atoms with Crippen LogP contribution in [-0.4, -0.2) is 43.4 Å². The lowest BCUT2D eigenvalue weighted by Gasteiger charge is -2.19. The van der Waals surface area contributed by atoms with Crippen LogP contribution in [0.4, 0.5) is 0 Å². The first-order chi connectivity index (χ1) is 13.2. The van der Waals surface area contributed by atoms with Crippen LogP contribution in [0.25, 0.3) is 0 Å². The van der Waals surface area contributed by atoms with E-state index in [1.807, 2.05) is 30.3 Å².